The van der Waals surface area contributed by atoms with Gasteiger partial charge in [-0.25, -0.2) is 4.79 Å². The maximum absolute atomic E-state index is 15.4. The summed E-state index contributed by atoms with van der Waals surface area (Å²) in [6, 6.07) is 19.5. The lowest BCUT2D eigenvalue weighted by Gasteiger charge is -2.60. The average molecular weight is 936 g/mol. The summed E-state index contributed by atoms with van der Waals surface area (Å²) in [6.45, 7) is 15.3. The number of benzene rings is 3. The van der Waals surface area contributed by atoms with Crippen molar-refractivity contribution in [3.63, 3.8) is 0 Å². The van der Waals surface area contributed by atoms with Crippen LogP contribution in [0, 0.1) is 17.8 Å². The Morgan fingerprint density at radius 3 is 2.31 bits per heavy atom. The van der Waals surface area contributed by atoms with Crippen molar-refractivity contribution in [2.45, 2.75) is 174 Å². The van der Waals surface area contributed by atoms with Crippen molar-refractivity contribution in [2.75, 3.05) is 26.4 Å². The fraction of sp³-hybridized carbons (Fsp3) is 0.596. The van der Waals surface area contributed by atoms with Crippen LogP contribution in [0.5, 0.6) is 11.5 Å². The lowest BCUT2D eigenvalue weighted by molar-refractivity contribution is -0.258. The second-order valence-electron chi connectivity index (χ2n) is 20.1. The molecule has 0 bridgehead atoms. The number of unbranched alkanes of at least 4 members (excludes halogenated alkanes) is 10. The number of carbonyl (C=O) groups excluding carboxylic acids is 2. The molecular formula is C57H81N3O8. The molecule has 11 nitrogen and oxygen atoms in total. The van der Waals surface area contributed by atoms with Crippen LogP contribution in [0.1, 0.15) is 161 Å². The average Bonchev–Trinajstić information content (AvgIpc) is 3.32. The number of hydrogen-bond donors (Lipinski definition) is 3. The smallest absolute Gasteiger partial charge is 0.412 e. The van der Waals surface area contributed by atoms with Gasteiger partial charge in [-0.2, -0.15) is 0 Å². The van der Waals surface area contributed by atoms with Crippen molar-refractivity contribution in [3.8, 4) is 11.5 Å². The SMILES string of the molecule is C=CCO[C@@]12Oc3ccc(OC(=O)NCC)cc3[C@H]3[C@H](CCCCO)[C@@H](CCCCO)C=C(C(=NOC(C)(C)C)C[C@@H]1N(Cc1cccc4ccccc14)C(=O)CCCCCCCCCCC)[C@H]32. The number of aliphatic hydroxyl groups is 2. The summed E-state index contributed by atoms with van der Waals surface area (Å²) >= 11 is 0. The van der Waals surface area contributed by atoms with Crippen LogP contribution in [0.15, 0.2) is 90.1 Å². The molecule has 3 N–H and O–H groups in total. The molecule has 0 saturated heterocycles. The number of fused-ring (bicyclic) bond motifs is 3. The molecule has 11 heteroatoms. The molecule has 1 aliphatic heterocycles. The number of amides is 2. The van der Waals surface area contributed by atoms with Crippen LogP contribution in [-0.2, 0) is 20.9 Å². The Bertz CT molecular complexity index is 2160. The van der Waals surface area contributed by atoms with Gasteiger partial charge in [0.05, 0.1) is 18.2 Å². The zero-order valence-corrected chi connectivity index (χ0v) is 41.8. The largest absolute Gasteiger partial charge is 0.459 e. The summed E-state index contributed by atoms with van der Waals surface area (Å²) in [7, 11) is 0. The van der Waals surface area contributed by atoms with Crippen LogP contribution >= 0.6 is 0 Å². The number of aliphatic hydroxyl groups excluding tert-OH is 2. The number of carbonyl (C=O) groups is 2. The number of oxime groups is 1. The van der Waals surface area contributed by atoms with E-state index in [1.165, 1.54) is 38.5 Å². The van der Waals surface area contributed by atoms with Gasteiger partial charge in [0.15, 0.2) is 0 Å². The van der Waals surface area contributed by atoms with Gasteiger partial charge in [0, 0.05) is 50.6 Å². The molecule has 0 aromatic heterocycles. The van der Waals surface area contributed by atoms with E-state index in [1.54, 1.807) is 12.1 Å². The number of nitrogens with one attached hydrogen (secondary N) is 1. The van der Waals surface area contributed by atoms with Gasteiger partial charge in [-0.05, 0) is 112 Å². The number of hydrogen-bond acceptors (Lipinski definition) is 9. The summed E-state index contributed by atoms with van der Waals surface area (Å²) in [5.41, 5.74) is 3.03. The monoisotopic (exact) mass is 936 g/mol. The molecule has 1 saturated carbocycles. The molecule has 372 valence electrons. The zero-order valence-electron chi connectivity index (χ0n) is 41.8. The Morgan fingerprint density at radius 1 is 0.897 bits per heavy atom. The topological polar surface area (TPSA) is 139 Å². The minimum atomic E-state index is -1.41. The second kappa shape index (κ2) is 25.8. The van der Waals surface area contributed by atoms with Gasteiger partial charge in [0.25, 0.3) is 0 Å². The molecule has 0 unspecified atom stereocenters. The fourth-order valence-corrected chi connectivity index (χ4v) is 10.9. The van der Waals surface area contributed by atoms with Crippen molar-refractivity contribution < 1.29 is 38.9 Å². The van der Waals surface area contributed by atoms with Gasteiger partial charge < -0.3 is 39.5 Å². The highest BCUT2D eigenvalue weighted by molar-refractivity contribution is 6.03. The van der Waals surface area contributed by atoms with Crippen LogP contribution in [0.25, 0.3) is 10.8 Å². The maximum atomic E-state index is 15.4. The molecule has 3 aromatic rings. The molecular weight excluding hydrogens is 855 g/mol. The van der Waals surface area contributed by atoms with E-state index in [-0.39, 0.29) is 43.5 Å². The Balaban J connectivity index is 1.55. The molecule has 0 radical (unpaired) electrons. The van der Waals surface area contributed by atoms with E-state index in [0.717, 1.165) is 78.1 Å². The predicted octanol–water partition coefficient (Wildman–Crippen LogP) is 12.3. The van der Waals surface area contributed by atoms with Gasteiger partial charge in [0.1, 0.15) is 23.1 Å². The minimum absolute atomic E-state index is 0.0239. The highest BCUT2D eigenvalue weighted by Gasteiger charge is 2.65. The Hall–Kier alpha value is -4.71. The number of ether oxygens (including phenoxy) is 3. The van der Waals surface area contributed by atoms with Gasteiger partial charge in [-0.1, -0.05) is 131 Å². The number of nitrogens with zero attached hydrogens (tertiary/aromatic N) is 2. The Labute approximate surface area is 406 Å². The third-order valence-corrected chi connectivity index (χ3v) is 14.0. The normalized spacial score (nSPS) is 22.4. The molecule has 1 fully saturated rings. The molecule has 6 atom stereocenters. The number of allylic oxidation sites excluding steroid dienone is 1. The highest BCUT2D eigenvalue weighted by atomic mass is 16.7. The van der Waals surface area contributed by atoms with Crippen molar-refractivity contribution in [1.82, 2.24) is 10.2 Å². The van der Waals surface area contributed by atoms with Crippen LogP contribution in [0.3, 0.4) is 0 Å². The highest BCUT2D eigenvalue weighted by Crippen LogP contribution is 2.62. The van der Waals surface area contributed by atoms with Gasteiger partial charge in [0.2, 0.25) is 11.7 Å². The van der Waals surface area contributed by atoms with Crippen molar-refractivity contribution in [1.29, 1.82) is 0 Å². The molecule has 2 amide bonds. The summed E-state index contributed by atoms with van der Waals surface area (Å²) in [4.78, 5) is 36.7. The summed E-state index contributed by atoms with van der Waals surface area (Å²) in [6.07, 6.45) is 19.1. The third-order valence-electron chi connectivity index (χ3n) is 14.0. The van der Waals surface area contributed by atoms with Gasteiger partial charge in [-0.15, -0.1) is 6.58 Å². The van der Waals surface area contributed by atoms with E-state index in [2.05, 4.69) is 55.2 Å². The maximum Gasteiger partial charge on any atom is 0.412 e. The lowest BCUT2D eigenvalue weighted by Crippen LogP contribution is -2.70. The van der Waals surface area contributed by atoms with E-state index in [9.17, 15) is 15.0 Å². The Morgan fingerprint density at radius 2 is 1.60 bits per heavy atom. The molecule has 6 rings (SSSR count). The number of rotatable bonds is 27. The molecule has 3 aliphatic rings. The van der Waals surface area contributed by atoms with E-state index < -0.39 is 29.4 Å². The summed E-state index contributed by atoms with van der Waals surface area (Å²) in [5, 5.41) is 30.0. The standard InChI is InChI=1S/C57H81N3O8/c1-7-10-11-12-13-14-15-16-17-31-52(63)60(40-43-28-24-27-41-25-18-19-29-45(41)43)51-39-49(59-68-56(4,5)6)47-37-42(26-20-22-34-61)46(30-21-23-35-62)53-48-38-44(66-55(64)58-9-3)32-33-50(48)67-57(51,54(47)53)65-36-8-2/h8,18-19,24-25,27-29,32-33,37-38,42,46,51,53-54,61-62H,2,7,9-17,20-23,26,30-31,34-36,39-40H2,1,3-6H3,(H,58,64)/t42-,46+,51-,53+,54+,57+/m0/s1. The second-order valence-corrected chi connectivity index (χ2v) is 20.1. The zero-order chi connectivity index (χ0) is 48.5. The van der Waals surface area contributed by atoms with Gasteiger partial charge >= 0.3 is 6.09 Å². The first kappa shape index (κ1) is 52.7. The van der Waals surface area contributed by atoms with Crippen molar-refractivity contribution in [3.05, 3.63) is 96.1 Å². The first-order chi connectivity index (χ1) is 33.0. The predicted molar refractivity (Wildman–Crippen MR) is 272 cm³/mol. The molecule has 3 aromatic carbocycles. The van der Waals surface area contributed by atoms with Gasteiger partial charge in [-0.3, -0.25) is 4.79 Å². The van der Waals surface area contributed by atoms with E-state index >= 15 is 4.79 Å². The first-order valence-corrected chi connectivity index (χ1v) is 26.0. The molecule has 68 heavy (non-hydrogen) atoms. The fourth-order valence-electron chi connectivity index (χ4n) is 10.9. The first-order valence-electron chi connectivity index (χ1n) is 26.0. The van der Waals surface area contributed by atoms with Crippen LogP contribution < -0.4 is 14.8 Å². The van der Waals surface area contributed by atoms with E-state index in [1.807, 2.05) is 56.9 Å². The molecule has 0 spiro atoms. The van der Waals surface area contributed by atoms with E-state index in [0.29, 0.717) is 50.3 Å². The van der Waals surface area contributed by atoms with E-state index in [4.69, 9.17) is 24.2 Å². The summed E-state index contributed by atoms with van der Waals surface area (Å²) in [5.74, 6) is -1.04. The molecule has 2 aliphatic carbocycles. The van der Waals surface area contributed by atoms with Crippen LogP contribution in [0.4, 0.5) is 4.79 Å². The van der Waals surface area contributed by atoms with Crippen molar-refractivity contribution in [2.24, 2.45) is 22.9 Å². The Kier molecular flexibility index (Phi) is 20.0. The lowest BCUT2D eigenvalue weighted by atomic mass is 9.55. The van der Waals surface area contributed by atoms with Crippen molar-refractivity contribution >= 4 is 28.5 Å². The minimum Gasteiger partial charge on any atom is -0.459 e. The summed E-state index contributed by atoms with van der Waals surface area (Å²) < 4.78 is 20.7. The molecule has 1 heterocycles. The van der Waals surface area contributed by atoms with Crippen LogP contribution in [-0.4, -0.2) is 76.6 Å². The third kappa shape index (κ3) is 13.3. The van der Waals surface area contributed by atoms with Crippen LogP contribution in [0.2, 0.25) is 0 Å². The quantitative estimate of drug-likeness (QED) is 0.0390.